The number of aromatic amines is 1. The van der Waals surface area contributed by atoms with Crippen molar-refractivity contribution in [2.75, 3.05) is 6.54 Å². The highest BCUT2D eigenvalue weighted by atomic mass is 32.1. The first-order valence-electron chi connectivity index (χ1n) is 10.1. The summed E-state index contributed by atoms with van der Waals surface area (Å²) in [6.45, 7) is 6.42. The van der Waals surface area contributed by atoms with Gasteiger partial charge in [-0.2, -0.15) is 0 Å². The lowest BCUT2D eigenvalue weighted by Crippen LogP contribution is -2.37. The van der Waals surface area contributed by atoms with Crippen LogP contribution in [0.25, 0.3) is 10.3 Å². The fourth-order valence-electron chi connectivity index (χ4n) is 3.42. The molecule has 2 amide bonds. The lowest BCUT2D eigenvalue weighted by atomic mass is 10.0. The van der Waals surface area contributed by atoms with Gasteiger partial charge in [-0.25, -0.2) is 4.98 Å². The van der Waals surface area contributed by atoms with Gasteiger partial charge in [0.2, 0.25) is 0 Å². The molecule has 8 heteroatoms. The van der Waals surface area contributed by atoms with E-state index in [9.17, 15) is 9.59 Å². The SMILES string of the molecule is CCc1sc(C(=O)NCC(NC(=O)c2cc3scnc3[nH]2)c2ccc(C)cc2)cc1C. The highest BCUT2D eigenvalue weighted by Gasteiger charge is 2.20. The van der Waals surface area contributed by atoms with Crippen LogP contribution in [0.3, 0.4) is 0 Å². The summed E-state index contributed by atoms with van der Waals surface area (Å²) >= 11 is 3.00. The van der Waals surface area contributed by atoms with Crippen LogP contribution >= 0.6 is 22.7 Å². The monoisotopic (exact) mass is 452 g/mol. The number of H-pyrrole nitrogens is 1. The third-order valence-electron chi connectivity index (χ3n) is 5.19. The van der Waals surface area contributed by atoms with Crippen LogP contribution in [0.2, 0.25) is 0 Å². The highest BCUT2D eigenvalue weighted by Crippen LogP contribution is 2.23. The predicted molar refractivity (Wildman–Crippen MR) is 126 cm³/mol. The maximum atomic E-state index is 12.9. The molecule has 3 N–H and O–H groups in total. The van der Waals surface area contributed by atoms with Gasteiger partial charge >= 0.3 is 0 Å². The molecule has 0 radical (unpaired) electrons. The van der Waals surface area contributed by atoms with Gasteiger partial charge < -0.3 is 15.6 Å². The number of carbonyl (C=O) groups excluding carboxylic acids is 2. The number of nitrogens with zero attached hydrogens (tertiary/aromatic N) is 1. The third-order valence-corrected chi connectivity index (χ3v) is 7.34. The Bertz CT molecular complexity index is 1190. The Morgan fingerprint density at radius 1 is 1.13 bits per heavy atom. The minimum Gasteiger partial charge on any atom is -0.349 e. The zero-order valence-electron chi connectivity index (χ0n) is 17.6. The van der Waals surface area contributed by atoms with Crippen molar-refractivity contribution in [2.45, 2.75) is 33.2 Å². The van der Waals surface area contributed by atoms with Gasteiger partial charge in [-0.15, -0.1) is 22.7 Å². The van der Waals surface area contributed by atoms with E-state index >= 15 is 0 Å². The van der Waals surface area contributed by atoms with Crippen molar-refractivity contribution in [3.63, 3.8) is 0 Å². The molecule has 3 aromatic heterocycles. The fraction of sp³-hybridized carbons (Fsp3) is 0.261. The Kier molecular flexibility index (Phi) is 6.20. The summed E-state index contributed by atoms with van der Waals surface area (Å²) < 4.78 is 0.935. The van der Waals surface area contributed by atoms with E-state index in [2.05, 4.69) is 27.5 Å². The number of aryl methyl sites for hydroxylation is 3. The van der Waals surface area contributed by atoms with E-state index < -0.39 is 0 Å². The Labute approximate surface area is 188 Å². The lowest BCUT2D eigenvalue weighted by Gasteiger charge is -2.20. The Balaban J connectivity index is 1.51. The molecule has 0 aliphatic rings. The van der Waals surface area contributed by atoms with Gasteiger partial charge in [-0.3, -0.25) is 9.59 Å². The largest absolute Gasteiger partial charge is 0.349 e. The summed E-state index contributed by atoms with van der Waals surface area (Å²) in [5, 5.41) is 6.04. The minimum atomic E-state index is -0.363. The normalized spacial score (nSPS) is 12.1. The Morgan fingerprint density at radius 2 is 1.90 bits per heavy atom. The van der Waals surface area contributed by atoms with E-state index in [0.29, 0.717) is 22.8 Å². The molecule has 1 atom stereocenters. The van der Waals surface area contributed by atoms with Crippen molar-refractivity contribution in [2.24, 2.45) is 0 Å². The van der Waals surface area contributed by atoms with E-state index in [1.54, 1.807) is 11.6 Å². The molecule has 0 fully saturated rings. The van der Waals surface area contributed by atoms with Crippen LogP contribution in [0.4, 0.5) is 0 Å². The molecule has 4 aromatic rings. The van der Waals surface area contributed by atoms with Gasteiger partial charge in [-0.05, 0) is 43.5 Å². The predicted octanol–water partition coefficient (Wildman–Crippen LogP) is 4.77. The molecule has 0 aliphatic carbocycles. The van der Waals surface area contributed by atoms with Crippen molar-refractivity contribution in [1.82, 2.24) is 20.6 Å². The van der Waals surface area contributed by atoms with Crippen LogP contribution in [0, 0.1) is 13.8 Å². The van der Waals surface area contributed by atoms with E-state index in [1.165, 1.54) is 27.6 Å². The Hall–Kier alpha value is -2.97. The second-order valence-corrected chi connectivity index (χ2v) is 9.49. The van der Waals surface area contributed by atoms with Gasteiger partial charge in [-0.1, -0.05) is 36.8 Å². The number of fused-ring (bicyclic) bond motifs is 1. The number of thiazole rings is 1. The summed E-state index contributed by atoms with van der Waals surface area (Å²) in [6.07, 6.45) is 0.911. The number of nitrogens with one attached hydrogen (secondary N) is 3. The van der Waals surface area contributed by atoms with Gasteiger partial charge in [0.1, 0.15) is 11.3 Å². The molecular weight excluding hydrogens is 428 g/mol. The molecule has 0 spiro atoms. The first-order valence-corrected chi connectivity index (χ1v) is 11.8. The van der Waals surface area contributed by atoms with Gasteiger partial charge in [0.25, 0.3) is 11.8 Å². The molecule has 0 aliphatic heterocycles. The number of carbonyl (C=O) groups is 2. The number of amides is 2. The first kappa shape index (κ1) is 21.3. The second-order valence-electron chi connectivity index (χ2n) is 7.47. The van der Waals surface area contributed by atoms with E-state index in [-0.39, 0.29) is 17.9 Å². The molecular formula is C23H24N4O2S2. The van der Waals surface area contributed by atoms with Crippen molar-refractivity contribution in [3.05, 3.63) is 74.0 Å². The molecule has 3 heterocycles. The second kappa shape index (κ2) is 9.03. The van der Waals surface area contributed by atoms with Crippen molar-refractivity contribution >= 4 is 44.8 Å². The van der Waals surface area contributed by atoms with Gasteiger partial charge in [0.15, 0.2) is 0 Å². The molecule has 0 saturated carbocycles. The smallest absolute Gasteiger partial charge is 0.268 e. The molecule has 1 aromatic carbocycles. The summed E-state index contributed by atoms with van der Waals surface area (Å²) in [7, 11) is 0. The molecule has 6 nitrogen and oxygen atoms in total. The average Bonchev–Trinajstić information content (AvgIpc) is 3.46. The van der Waals surface area contributed by atoms with E-state index in [0.717, 1.165) is 27.8 Å². The minimum absolute atomic E-state index is 0.122. The van der Waals surface area contributed by atoms with Crippen molar-refractivity contribution < 1.29 is 9.59 Å². The van der Waals surface area contributed by atoms with Crippen LogP contribution in [-0.2, 0) is 6.42 Å². The number of aromatic nitrogens is 2. The quantitative estimate of drug-likeness (QED) is 0.378. The van der Waals surface area contributed by atoms with Crippen LogP contribution in [0.15, 0.2) is 41.9 Å². The topological polar surface area (TPSA) is 86.9 Å². The summed E-state index contributed by atoms with van der Waals surface area (Å²) in [5.74, 6) is -0.353. The van der Waals surface area contributed by atoms with E-state index in [4.69, 9.17) is 0 Å². The number of benzene rings is 1. The maximum absolute atomic E-state index is 12.9. The number of rotatable bonds is 7. The highest BCUT2D eigenvalue weighted by molar-refractivity contribution is 7.16. The summed E-state index contributed by atoms with van der Waals surface area (Å²) in [4.78, 5) is 34.8. The van der Waals surface area contributed by atoms with Crippen LogP contribution in [0.5, 0.6) is 0 Å². The maximum Gasteiger partial charge on any atom is 0.268 e. The van der Waals surface area contributed by atoms with Crippen molar-refractivity contribution in [3.8, 4) is 0 Å². The van der Waals surface area contributed by atoms with Crippen LogP contribution in [-0.4, -0.2) is 28.3 Å². The molecule has 4 rings (SSSR count). The standard InChI is InChI=1S/C23H24N4O2S2/c1-4-18-14(3)9-20(31-18)23(29)24-11-17(15-7-5-13(2)6-8-15)27-22(28)16-10-19-21(26-16)25-12-30-19/h5-10,12,17,26H,4,11H2,1-3H3,(H,24,29)(H,27,28). The summed E-state index contributed by atoms with van der Waals surface area (Å²) in [5.41, 5.74) is 6.11. The third kappa shape index (κ3) is 4.70. The number of hydrogen-bond donors (Lipinski definition) is 3. The van der Waals surface area contributed by atoms with Crippen molar-refractivity contribution in [1.29, 1.82) is 0 Å². The number of hydrogen-bond acceptors (Lipinski definition) is 5. The summed E-state index contributed by atoms with van der Waals surface area (Å²) in [6, 6.07) is 11.3. The average molecular weight is 453 g/mol. The molecule has 1 unspecified atom stereocenters. The first-order chi connectivity index (χ1) is 14.9. The van der Waals surface area contributed by atoms with Gasteiger partial charge in [0, 0.05) is 11.4 Å². The lowest BCUT2D eigenvalue weighted by molar-refractivity contribution is 0.0907. The fourth-order valence-corrected chi connectivity index (χ4v) is 5.12. The zero-order valence-corrected chi connectivity index (χ0v) is 19.2. The zero-order chi connectivity index (χ0) is 22.0. The van der Waals surface area contributed by atoms with Crippen LogP contribution in [0.1, 0.15) is 54.7 Å². The molecule has 31 heavy (non-hydrogen) atoms. The van der Waals surface area contributed by atoms with E-state index in [1.807, 2.05) is 44.2 Å². The number of thiophene rings is 1. The van der Waals surface area contributed by atoms with Crippen LogP contribution < -0.4 is 10.6 Å². The molecule has 0 saturated heterocycles. The van der Waals surface area contributed by atoms with Gasteiger partial charge in [0.05, 0.1) is 21.1 Å². The molecule has 160 valence electrons. The Morgan fingerprint density at radius 3 is 2.58 bits per heavy atom. The molecule has 0 bridgehead atoms.